The standard InChI is InChI=1S/C28H28N2O6/c1-4-35-21-12-13-22(23(15-21)36-5-2)26(31)24-25(19-7-6-14-29-16-19)30(28(33)27(24)32)17-18-8-10-20(34-3)11-9-18/h6-16,25,31H,4-5,17H2,1-3H3/b26-24-. The lowest BCUT2D eigenvalue weighted by molar-refractivity contribution is -0.140. The monoisotopic (exact) mass is 488 g/mol. The number of hydrogen-bond acceptors (Lipinski definition) is 7. The van der Waals surface area contributed by atoms with Gasteiger partial charge in [0.15, 0.2) is 0 Å². The number of aliphatic hydroxyl groups is 1. The van der Waals surface area contributed by atoms with Crippen molar-refractivity contribution >= 4 is 17.4 Å². The molecule has 0 spiro atoms. The topological polar surface area (TPSA) is 98.2 Å². The van der Waals surface area contributed by atoms with Gasteiger partial charge in [-0.2, -0.15) is 0 Å². The maximum Gasteiger partial charge on any atom is 0.295 e. The van der Waals surface area contributed by atoms with Crippen LogP contribution in [0.15, 0.2) is 72.6 Å². The highest BCUT2D eigenvalue weighted by molar-refractivity contribution is 6.46. The Balaban J connectivity index is 1.83. The number of Topliss-reactive ketones (excluding diaryl/α,β-unsaturated/α-hetero) is 1. The highest BCUT2D eigenvalue weighted by Crippen LogP contribution is 2.42. The molecule has 186 valence electrons. The second kappa shape index (κ2) is 10.9. The van der Waals surface area contributed by atoms with Crippen molar-refractivity contribution in [3.63, 3.8) is 0 Å². The number of rotatable bonds is 9. The van der Waals surface area contributed by atoms with Crippen molar-refractivity contribution in [1.29, 1.82) is 0 Å². The van der Waals surface area contributed by atoms with Crippen LogP contribution in [-0.2, 0) is 16.1 Å². The van der Waals surface area contributed by atoms with E-state index in [-0.39, 0.29) is 17.9 Å². The molecule has 0 bridgehead atoms. The first-order valence-corrected chi connectivity index (χ1v) is 11.7. The number of amides is 1. The van der Waals surface area contributed by atoms with Gasteiger partial charge in [-0.15, -0.1) is 0 Å². The zero-order chi connectivity index (χ0) is 25.7. The maximum atomic E-state index is 13.3. The number of nitrogens with zero attached hydrogens (tertiary/aromatic N) is 2. The fourth-order valence-electron chi connectivity index (χ4n) is 4.23. The van der Waals surface area contributed by atoms with E-state index in [0.29, 0.717) is 41.6 Å². The van der Waals surface area contributed by atoms with E-state index in [9.17, 15) is 14.7 Å². The van der Waals surface area contributed by atoms with Crippen LogP contribution in [-0.4, -0.2) is 47.0 Å². The summed E-state index contributed by atoms with van der Waals surface area (Å²) in [6, 6.07) is 14.9. The lowest BCUT2D eigenvalue weighted by Gasteiger charge is -2.25. The molecule has 1 atom stereocenters. The SMILES string of the molecule is CCOc1ccc(/C(O)=C2/C(=O)C(=O)N(Cc3ccc(OC)cc3)C2c2cccnc2)c(OCC)c1. The number of carbonyl (C=O) groups excluding carboxylic acids is 2. The number of ether oxygens (including phenoxy) is 3. The molecule has 0 saturated carbocycles. The Hall–Kier alpha value is -4.33. The minimum atomic E-state index is -0.832. The van der Waals surface area contributed by atoms with Crippen LogP contribution >= 0.6 is 0 Å². The van der Waals surface area contributed by atoms with Crippen LogP contribution < -0.4 is 14.2 Å². The van der Waals surface area contributed by atoms with Gasteiger partial charge in [-0.1, -0.05) is 18.2 Å². The second-order valence-electron chi connectivity index (χ2n) is 8.09. The summed E-state index contributed by atoms with van der Waals surface area (Å²) in [5, 5.41) is 11.4. The van der Waals surface area contributed by atoms with Crippen LogP contribution in [0.3, 0.4) is 0 Å². The first kappa shape index (κ1) is 24.8. The molecular formula is C28H28N2O6. The number of methoxy groups -OCH3 is 1. The molecule has 1 fully saturated rings. The van der Waals surface area contributed by atoms with Gasteiger partial charge in [0.25, 0.3) is 11.7 Å². The molecule has 2 aromatic carbocycles. The quantitative estimate of drug-likeness (QED) is 0.269. The van der Waals surface area contributed by atoms with Crippen LogP contribution in [0.4, 0.5) is 0 Å². The summed E-state index contributed by atoms with van der Waals surface area (Å²) >= 11 is 0. The number of likely N-dealkylation sites (tertiary alicyclic amines) is 1. The molecule has 36 heavy (non-hydrogen) atoms. The average Bonchev–Trinajstić information content (AvgIpc) is 3.15. The maximum absolute atomic E-state index is 13.3. The fourth-order valence-corrected chi connectivity index (χ4v) is 4.23. The molecule has 2 heterocycles. The van der Waals surface area contributed by atoms with Crippen molar-refractivity contribution in [2.24, 2.45) is 0 Å². The van der Waals surface area contributed by atoms with Crippen molar-refractivity contribution in [3.8, 4) is 17.2 Å². The largest absolute Gasteiger partial charge is 0.507 e. The minimum Gasteiger partial charge on any atom is -0.507 e. The summed E-state index contributed by atoms with van der Waals surface area (Å²) in [4.78, 5) is 32.2. The lowest BCUT2D eigenvalue weighted by Crippen LogP contribution is -2.29. The minimum absolute atomic E-state index is 0.0216. The Labute approximate surface area is 209 Å². The lowest BCUT2D eigenvalue weighted by atomic mass is 9.95. The molecule has 1 unspecified atom stereocenters. The number of pyridine rings is 1. The van der Waals surface area contributed by atoms with E-state index >= 15 is 0 Å². The van der Waals surface area contributed by atoms with Crippen LogP contribution in [0, 0.1) is 0 Å². The van der Waals surface area contributed by atoms with E-state index in [1.807, 2.05) is 26.0 Å². The number of aromatic nitrogens is 1. The molecule has 3 aromatic rings. The third-order valence-corrected chi connectivity index (χ3v) is 5.87. The summed E-state index contributed by atoms with van der Waals surface area (Å²) in [5.74, 6) is -0.181. The first-order chi connectivity index (χ1) is 17.5. The van der Waals surface area contributed by atoms with Crippen molar-refractivity contribution in [2.75, 3.05) is 20.3 Å². The fraction of sp³-hybridized carbons (Fsp3) is 0.250. The van der Waals surface area contributed by atoms with Gasteiger partial charge in [0.05, 0.1) is 37.5 Å². The Morgan fingerprint density at radius 3 is 2.36 bits per heavy atom. The van der Waals surface area contributed by atoms with E-state index in [2.05, 4.69) is 4.98 Å². The van der Waals surface area contributed by atoms with Crippen molar-refractivity contribution < 1.29 is 28.9 Å². The summed E-state index contributed by atoms with van der Waals surface area (Å²) in [6.07, 6.45) is 3.20. The molecule has 8 heteroatoms. The van der Waals surface area contributed by atoms with E-state index in [0.717, 1.165) is 5.56 Å². The van der Waals surface area contributed by atoms with E-state index in [4.69, 9.17) is 14.2 Å². The Morgan fingerprint density at radius 1 is 1.00 bits per heavy atom. The molecule has 1 aliphatic heterocycles. The summed E-state index contributed by atoms with van der Waals surface area (Å²) in [6.45, 7) is 4.65. The molecule has 4 rings (SSSR count). The molecule has 1 saturated heterocycles. The van der Waals surface area contributed by atoms with Gasteiger partial charge < -0.3 is 24.2 Å². The van der Waals surface area contributed by atoms with Gasteiger partial charge in [0.1, 0.15) is 23.0 Å². The molecule has 0 radical (unpaired) electrons. The highest BCUT2D eigenvalue weighted by Gasteiger charge is 2.46. The van der Waals surface area contributed by atoms with Crippen molar-refractivity contribution in [2.45, 2.75) is 26.4 Å². The first-order valence-electron chi connectivity index (χ1n) is 11.7. The second-order valence-corrected chi connectivity index (χ2v) is 8.09. The number of aliphatic hydroxyl groups excluding tert-OH is 1. The highest BCUT2D eigenvalue weighted by atomic mass is 16.5. The van der Waals surface area contributed by atoms with Crippen LogP contribution in [0.1, 0.15) is 36.6 Å². The molecule has 0 aliphatic carbocycles. The molecular weight excluding hydrogens is 460 g/mol. The average molecular weight is 489 g/mol. The molecule has 1 aromatic heterocycles. The molecule has 8 nitrogen and oxygen atoms in total. The Kier molecular flexibility index (Phi) is 7.53. The Bertz CT molecular complexity index is 1270. The van der Waals surface area contributed by atoms with Crippen molar-refractivity contribution in [3.05, 3.63) is 89.3 Å². The van der Waals surface area contributed by atoms with E-state index in [1.54, 1.807) is 62.0 Å². The van der Waals surface area contributed by atoms with Gasteiger partial charge in [-0.25, -0.2) is 0 Å². The van der Waals surface area contributed by atoms with Crippen molar-refractivity contribution in [1.82, 2.24) is 9.88 Å². The third-order valence-electron chi connectivity index (χ3n) is 5.87. The predicted molar refractivity (Wildman–Crippen MR) is 134 cm³/mol. The predicted octanol–water partition coefficient (Wildman–Crippen LogP) is 4.51. The summed E-state index contributed by atoms with van der Waals surface area (Å²) < 4.78 is 16.5. The van der Waals surface area contributed by atoms with Gasteiger partial charge in [-0.3, -0.25) is 14.6 Å². The Morgan fingerprint density at radius 2 is 1.72 bits per heavy atom. The van der Waals surface area contributed by atoms with E-state index in [1.165, 1.54) is 4.90 Å². The number of benzene rings is 2. The zero-order valence-corrected chi connectivity index (χ0v) is 20.4. The number of hydrogen-bond donors (Lipinski definition) is 1. The van der Waals surface area contributed by atoms with Gasteiger partial charge in [0, 0.05) is 25.0 Å². The van der Waals surface area contributed by atoms with Crippen LogP contribution in [0.2, 0.25) is 0 Å². The van der Waals surface area contributed by atoms with E-state index < -0.39 is 17.7 Å². The van der Waals surface area contributed by atoms with Gasteiger partial charge in [-0.05, 0) is 55.3 Å². The molecule has 1 aliphatic rings. The molecule has 1 N–H and O–H groups in total. The smallest absolute Gasteiger partial charge is 0.295 e. The summed E-state index contributed by atoms with van der Waals surface area (Å²) in [5.41, 5.74) is 1.70. The van der Waals surface area contributed by atoms with Gasteiger partial charge in [0.2, 0.25) is 0 Å². The molecule has 1 amide bonds. The van der Waals surface area contributed by atoms with Gasteiger partial charge >= 0.3 is 0 Å². The number of ketones is 1. The number of carbonyl (C=O) groups is 2. The summed E-state index contributed by atoms with van der Waals surface area (Å²) in [7, 11) is 1.58. The zero-order valence-electron chi connectivity index (χ0n) is 20.4. The normalized spacial score (nSPS) is 16.8. The van der Waals surface area contributed by atoms with Crippen LogP contribution in [0.25, 0.3) is 5.76 Å². The van der Waals surface area contributed by atoms with Crippen LogP contribution in [0.5, 0.6) is 17.2 Å². The third kappa shape index (κ3) is 4.88.